The fourth-order valence-electron chi connectivity index (χ4n) is 1.27. The lowest BCUT2D eigenvalue weighted by molar-refractivity contribution is -0.131. The highest BCUT2D eigenvalue weighted by atomic mass is 32.2. The van der Waals surface area contributed by atoms with Crippen molar-refractivity contribution in [3.05, 3.63) is 0 Å². The minimum absolute atomic E-state index is 0.0240. The van der Waals surface area contributed by atoms with Gasteiger partial charge in [-0.05, 0) is 13.8 Å². The van der Waals surface area contributed by atoms with Crippen LogP contribution in [0, 0.1) is 0 Å². The summed E-state index contributed by atoms with van der Waals surface area (Å²) in [6, 6.07) is 0. The van der Waals surface area contributed by atoms with E-state index in [4.69, 9.17) is 4.74 Å². The van der Waals surface area contributed by atoms with Gasteiger partial charge in [0.05, 0.1) is 17.6 Å². The number of rotatable bonds is 2. The van der Waals surface area contributed by atoms with Gasteiger partial charge in [0.1, 0.15) is 6.10 Å². The number of carbonyl (C=O) groups excluding carboxylic acids is 1. The number of ether oxygens (including phenoxy) is 1. The maximum absolute atomic E-state index is 11.2. The van der Waals surface area contributed by atoms with Crippen LogP contribution in [-0.4, -0.2) is 37.9 Å². The topological polar surface area (TPSA) is 60.4 Å². The zero-order valence-electron chi connectivity index (χ0n) is 7.82. The number of Topliss-reactive ketones (excluding diaryl/α,β-unsaturated/α-hetero) is 1. The van der Waals surface area contributed by atoms with Gasteiger partial charge >= 0.3 is 0 Å². The van der Waals surface area contributed by atoms with E-state index < -0.39 is 15.9 Å². The molecule has 0 N–H and O–H groups in total. The van der Waals surface area contributed by atoms with Crippen LogP contribution in [0.2, 0.25) is 0 Å². The summed E-state index contributed by atoms with van der Waals surface area (Å²) in [4.78, 5) is 11.2. The molecular formula is C8H14O4S. The molecule has 0 aliphatic carbocycles. The van der Waals surface area contributed by atoms with E-state index in [1.54, 1.807) is 13.8 Å². The molecule has 1 atom stereocenters. The molecule has 1 aliphatic rings. The first-order chi connectivity index (χ1) is 5.91. The predicted molar refractivity (Wildman–Crippen MR) is 48.3 cm³/mol. The molecule has 1 rings (SSSR count). The Morgan fingerprint density at radius 1 is 1.46 bits per heavy atom. The van der Waals surface area contributed by atoms with Crippen LogP contribution in [0.25, 0.3) is 0 Å². The van der Waals surface area contributed by atoms with E-state index in [0.717, 1.165) is 0 Å². The lowest BCUT2D eigenvalue weighted by Crippen LogP contribution is -2.40. The molecule has 0 amide bonds. The molecule has 0 radical (unpaired) electrons. The van der Waals surface area contributed by atoms with E-state index in [1.165, 1.54) is 0 Å². The molecule has 13 heavy (non-hydrogen) atoms. The van der Waals surface area contributed by atoms with Crippen LogP contribution in [0.4, 0.5) is 0 Å². The van der Waals surface area contributed by atoms with Crippen LogP contribution >= 0.6 is 0 Å². The fourth-order valence-corrected chi connectivity index (χ4v) is 2.67. The second-order valence-corrected chi connectivity index (χ2v) is 5.73. The minimum Gasteiger partial charge on any atom is -0.367 e. The third-order valence-electron chi connectivity index (χ3n) is 1.86. The highest BCUT2D eigenvalue weighted by Gasteiger charge is 2.32. The molecule has 4 nitrogen and oxygen atoms in total. The quantitative estimate of drug-likeness (QED) is 0.646. The Hall–Kier alpha value is -0.420. The first-order valence-electron chi connectivity index (χ1n) is 4.29. The standard InChI is InChI=1S/C8H14O4S/c1-6(2)12-8-5-13(10,11)4-3-7(8)9/h6,8H,3-5H2,1-2H3. The SMILES string of the molecule is CC(C)OC1CS(=O)(=O)CCC1=O. The van der Waals surface area contributed by atoms with E-state index in [2.05, 4.69) is 0 Å². The van der Waals surface area contributed by atoms with Crippen LogP contribution < -0.4 is 0 Å². The fraction of sp³-hybridized carbons (Fsp3) is 0.875. The van der Waals surface area contributed by atoms with Gasteiger partial charge in [-0.25, -0.2) is 8.42 Å². The molecule has 0 aromatic heterocycles. The molecule has 1 heterocycles. The van der Waals surface area contributed by atoms with Crippen molar-refractivity contribution in [3.63, 3.8) is 0 Å². The van der Waals surface area contributed by atoms with E-state index in [1.807, 2.05) is 0 Å². The largest absolute Gasteiger partial charge is 0.367 e. The molecule has 0 spiro atoms. The lowest BCUT2D eigenvalue weighted by Gasteiger charge is -2.22. The van der Waals surface area contributed by atoms with Crippen LogP contribution in [0.15, 0.2) is 0 Å². The maximum Gasteiger partial charge on any atom is 0.163 e. The Bertz CT molecular complexity index is 291. The van der Waals surface area contributed by atoms with Gasteiger partial charge in [-0.15, -0.1) is 0 Å². The maximum atomic E-state index is 11.2. The van der Waals surface area contributed by atoms with Crippen molar-refractivity contribution in [2.75, 3.05) is 11.5 Å². The normalized spacial score (nSPS) is 27.9. The number of sulfone groups is 1. The molecule has 1 aliphatic heterocycles. The smallest absolute Gasteiger partial charge is 0.163 e. The number of carbonyl (C=O) groups is 1. The monoisotopic (exact) mass is 206 g/mol. The summed E-state index contributed by atoms with van der Waals surface area (Å²) in [6.45, 7) is 3.57. The van der Waals surface area contributed by atoms with Gasteiger partial charge in [0, 0.05) is 6.42 Å². The van der Waals surface area contributed by atoms with Crippen LogP contribution in [0.5, 0.6) is 0 Å². The average Bonchev–Trinajstić information content (AvgIpc) is 1.95. The molecule has 5 heteroatoms. The van der Waals surface area contributed by atoms with Crippen molar-refractivity contribution in [1.82, 2.24) is 0 Å². The second kappa shape index (κ2) is 3.75. The molecule has 76 valence electrons. The van der Waals surface area contributed by atoms with Crippen molar-refractivity contribution in [1.29, 1.82) is 0 Å². The highest BCUT2D eigenvalue weighted by molar-refractivity contribution is 7.91. The molecule has 1 fully saturated rings. The Balaban J connectivity index is 2.66. The summed E-state index contributed by atoms with van der Waals surface area (Å²) in [6.07, 6.45) is -0.749. The summed E-state index contributed by atoms with van der Waals surface area (Å²) < 4.78 is 27.5. The molecule has 0 saturated carbocycles. The van der Waals surface area contributed by atoms with E-state index >= 15 is 0 Å². The molecule has 1 unspecified atom stereocenters. The van der Waals surface area contributed by atoms with E-state index in [0.29, 0.717) is 0 Å². The summed E-state index contributed by atoms with van der Waals surface area (Å²) in [5, 5.41) is 0. The second-order valence-electron chi connectivity index (χ2n) is 3.50. The predicted octanol–water partition coefficient (Wildman–Crippen LogP) is 0.168. The first-order valence-corrected chi connectivity index (χ1v) is 6.11. The molecule has 0 bridgehead atoms. The van der Waals surface area contributed by atoms with Gasteiger partial charge < -0.3 is 4.74 Å². The Kier molecular flexibility index (Phi) is 3.08. The van der Waals surface area contributed by atoms with Crippen molar-refractivity contribution >= 4 is 15.6 Å². The van der Waals surface area contributed by atoms with Crippen molar-refractivity contribution in [2.24, 2.45) is 0 Å². The molecule has 0 aromatic carbocycles. The van der Waals surface area contributed by atoms with E-state index in [-0.39, 0.29) is 29.8 Å². The molecule has 1 saturated heterocycles. The third-order valence-corrected chi connectivity index (χ3v) is 3.50. The number of hydrogen-bond donors (Lipinski definition) is 0. The minimum atomic E-state index is -3.06. The van der Waals surface area contributed by atoms with Crippen LogP contribution in [0.3, 0.4) is 0 Å². The van der Waals surface area contributed by atoms with Gasteiger partial charge in [-0.1, -0.05) is 0 Å². The zero-order chi connectivity index (χ0) is 10.1. The zero-order valence-corrected chi connectivity index (χ0v) is 8.63. The van der Waals surface area contributed by atoms with Crippen LogP contribution in [0.1, 0.15) is 20.3 Å². The Labute approximate surface area is 78.2 Å². The summed E-state index contributed by atoms with van der Waals surface area (Å²) in [7, 11) is -3.06. The van der Waals surface area contributed by atoms with Crippen molar-refractivity contribution in [2.45, 2.75) is 32.5 Å². The van der Waals surface area contributed by atoms with E-state index in [9.17, 15) is 13.2 Å². The highest BCUT2D eigenvalue weighted by Crippen LogP contribution is 2.13. The Morgan fingerprint density at radius 2 is 2.08 bits per heavy atom. The van der Waals surface area contributed by atoms with Gasteiger partial charge in [0.15, 0.2) is 15.6 Å². The molecule has 0 aromatic rings. The van der Waals surface area contributed by atoms with Crippen molar-refractivity contribution in [3.8, 4) is 0 Å². The summed E-state index contributed by atoms with van der Waals surface area (Å²) in [5.74, 6) is -0.267. The van der Waals surface area contributed by atoms with Crippen molar-refractivity contribution < 1.29 is 17.9 Å². The number of ketones is 1. The van der Waals surface area contributed by atoms with Gasteiger partial charge in [0.2, 0.25) is 0 Å². The Morgan fingerprint density at radius 3 is 2.62 bits per heavy atom. The first kappa shape index (κ1) is 10.7. The molecular weight excluding hydrogens is 192 g/mol. The number of hydrogen-bond acceptors (Lipinski definition) is 4. The lowest BCUT2D eigenvalue weighted by atomic mass is 10.2. The van der Waals surface area contributed by atoms with Gasteiger partial charge in [0.25, 0.3) is 0 Å². The van der Waals surface area contributed by atoms with Gasteiger partial charge in [-0.3, -0.25) is 4.79 Å². The average molecular weight is 206 g/mol. The summed E-state index contributed by atoms with van der Waals surface area (Å²) in [5.41, 5.74) is 0. The third kappa shape index (κ3) is 3.08. The van der Waals surface area contributed by atoms with Crippen LogP contribution in [-0.2, 0) is 19.4 Å². The van der Waals surface area contributed by atoms with Gasteiger partial charge in [-0.2, -0.15) is 0 Å². The summed E-state index contributed by atoms with van der Waals surface area (Å²) >= 11 is 0.